The molecule has 0 aliphatic rings. The summed E-state index contributed by atoms with van der Waals surface area (Å²) in [4.78, 5) is 0. The van der Waals surface area contributed by atoms with Gasteiger partial charge in [-0.25, -0.2) is 13.2 Å². The van der Waals surface area contributed by atoms with Crippen molar-refractivity contribution in [3.63, 3.8) is 0 Å². The quantitative estimate of drug-likeness (QED) is 0.746. The third kappa shape index (κ3) is 3.85. The molecule has 0 atom stereocenters. The van der Waals surface area contributed by atoms with E-state index >= 15 is 0 Å². The summed E-state index contributed by atoms with van der Waals surface area (Å²) in [6.07, 6.45) is 1.58. The van der Waals surface area contributed by atoms with Gasteiger partial charge in [-0.15, -0.1) is 0 Å². The van der Waals surface area contributed by atoms with Crippen LogP contribution in [0.15, 0.2) is 24.3 Å². The third-order valence-electron chi connectivity index (χ3n) is 2.44. The van der Waals surface area contributed by atoms with E-state index < -0.39 is 11.7 Å². The van der Waals surface area contributed by atoms with Crippen LogP contribution in [-0.2, 0) is 5.92 Å². The summed E-state index contributed by atoms with van der Waals surface area (Å²) in [6.45, 7) is 0.519. The van der Waals surface area contributed by atoms with E-state index in [-0.39, 0.29) is 12.0 Å². The molecule has 0 aliphatic carbocycles. The van der Waals surface area contributed by atoms with Crippen LogP contribution in [0.25, 0.3) is 0 Å². The monoisotopic (exact) mass is 231 g/mol. The van der Waals surface area contributed by atoms with Crippen molar-refractivity contribution in [1.29, 1.82) is 0 Å². The number of benzene rings is 1. The standard InChI is InChI=1S/C12H16F3N/c13-11-6-4-5-10(9-11)12(14,15)7-2-1-3-8-16/h4-6,9H,1-3,7-8,16H2. The maximum Gasteiger partial charge on any atom is 0.273 e. The molecule has 0 amide bonds. The smallest absolute Gasteiger partial charge is 0.273 e. The Morgan fingerprint density at radius 2 is 1.88 bits per heavy atom. The van der Waals surface area contributed by atoms with Crippen LogP contribution in [0.1, 0.15) is 31.2 Å². The van der Waals surface area contributed by atoms with Crippen molar-refractivity contribution in [1.82, 2.24) is 0 Å². The number of hydrogen-bond donors (Lipinski definition) is 1. The Bertz CT molecular complexity index is 326. The molecular weight excluding hydrogens is 215 g/mol. The molecule has 90 valence electrons. The molecule has 0 unspecified atom stereocenters. The molecule has 4 heteroatoms. The van der Waals surface area contributed by atoms with Crippen molar-refractivity contribution in [2.24, 2.45) is 5.73 Å². The second kappa shape index (κ2) is 5.89. The third-order valence-corrected chi connectivity index (χ3v) is 2.44. The van der Waals surface area contributed by atoms with E-state index in [0.29, 0.717) is 19.4 Å². The Morgan fingerprint density at radius 3 is 2.50 bits per heavy atom. The van der Waals surface area contributed by atoms with Gasteiger partial charge in [0.05, 0.1) is 0 Å². The molecule has 0 aromatic heterocycles. The van der Waals surface area contributed by atoms with Crippen molar-refractivity contribution < 1.29 is 13.2 Å². The molecule has 16 heavy (non-hydrogen) atoms. The van der Waals surface area contributed by atoms with Crippen LogP contribution in [0, 0.1) is 5.82 Å². The fraction of sp³-hybridized carbons (Fsp3) is 0.500. The summed E-state index contributed by atoms with van der Waals surface area (Å²) >= 11 is 0. The summed E-state index contributed by atoms with van der Waals surface area (Å²) in [7, 11) is 0. The maximum absolute atomic E-state index is 13.6. The molecule has 1 rings (SSSR count). The van der Waals surface area contributed by atoms with Crippen LogP contribution in [0.4, 0.5) is 13.2 Å². The van der Waals surface area contributed by atoms with Gasteiger partial charge in [0, 0.05) is 12.0 Å². The first-order valence-corrected chi connectivity index (χ1v) is 5.40. The predicted octanol–water partition coefficient (Wildman–Crippen LogP) is 3.44. The lowest BCUT2D eigenvalue weighted by Gasteiger charge is -2.16. The van der Waals surface area contributed by atoms with Gasteiger partial charge in [0.25, 0.3) is 5.92 Å². The molecule has 1 nitrogen and oxygen atoms in total. The zero-order valence-corrected chi connectivity index (χ0v) is 9.06. The van der Waals surface area contributed by atoms with E-state index in [1.807, 2.05) is 0 Å². The molecule has 0 bridgehead atoms. The lowest BCUT2D eigenvalue weighted by molar-refractivity contribution is -0.0160. The SMILES string of the molecule is NCCCCCC(F)(F)c1cccc(F)c1. The highest BCUT2D eigenvalue weighted by Crippen LogP contribution is 2.33. The largest absolute Gasteiger partial charge is 0.330 e. The molecule has 0 aliphatic heterocycles. The lowest BCUT2D eigenvalue weighted by Crippen LogP contribution is -2.13. The second-order valence-corrected chi connectivity index (χ2v) is 3.81. The van der Waals surface area contributed by atoms with Crippen molar-refractivity contribution in [2.75, 3.05) is 6.54 Å². The average Bonchev–Trinajstić information content (AvgIpc) is 2.24. The second-order valence-electron chi connectivity index (χ2n) is 3.81. The molecule has 0 heterocycles. The van der Waals surface area contributed by atoms with Gasteiger partial charge in [-0.05, 0) is 31.5 Å². The van der Waals surface area contributed by atoms with Crippen molar-refractivity contribution >= 4 is 0 Å². The first kappa shape index (κ1) is 13.0. The highest BCUT2D eigenvalue weighted by molar-refractivity contribution is 5.21. The minimum absolute atomic E-state index is 0.250. The molecule has 1 aromatic rings. The summed E-state index contributed by atoms with van der Waals surface area (Å²) in [5, 5.41) is 0. The van der Waals surface area contributed by atoms with Gasteiger partial charge >= 0.3 is 0 Å². The van der Waals surface area contributed by atoms with Crippen molar-refractivity contribution in [2.45, 2.75) is 31.6 Å². The number of hydrogen-bond acceptors (Lipinski definition) is 1. The Labute approximate surface area is 93.5 Å². The fourth-order valence-corrected chi connectivity index (χ4v) is 1.53. The van der Waals surface area contributed by atoms with E-state index in [2.05, 4.69) is 0 Å². The van der Waals surface area contributed by atoms with Crippen LogP contribution in [-0.4, -0.2) is 6.54 Å². The van der Waals surface area contributed by atoms with Gasteiger partial charge in [0.2, 0.25) is 0 Å². The van der Waals surface area contributed by atoms with E-state index in [1.165, 1.54) is 12.1 Å². The number of rotatable bonds is 6. The lowest BCUT2D eigenvalue weighted by atomic mass is 10.0. The first-order chi connectivity index (χ1) is 7.56. The van der Waals surface area contributed by atoms with Crippen molar-refractivity contribution in [3.05, 3.63) is 35.6 Å². The normalized spacial score (nSPS) is 11.8. The topological polar surface area (TPSA) is 26.0 Å². The molecule has 0 saturated carbocycles. The molecule has 0 radical (unpaired) electrons. The number of nitrogens with two attached hydrogens (primary N) is 1. The van der Waals surface area contributed by atoms with Crippen LogP contribution in [0.3, 0.4) is 0 Å². The zero-order chi connectivity index (χ0) is 12.0. The van der Waals surface area contributed by atoms with Gasteiger partial charge in [0.1, 0.15) is 5.82 Å². The van der Waals surface area contributed by atoms with E-state index in [1.54, 1.807) is 0 Å². The number of unbranched alkanes of at least 4 members (excludes halogenated alkanes) is 2. The molecule has 1 aromatic carbocycles. The average molecular weight is 231 g/mol. The first-order valence-electron chi connectivity index (χ1n) is 5.40. The summed E-state index contributed by atoms with van der Waals surface area (Å²) < 4.78 is 39.9. The summed E-state index contributed by atoms with van der Waals surface area (Å²) in [5.74, 6) is -3.57. The Morgan fingerprint density at radius 1 is 1.12 bits per heavy atom. The Hall–Kier alpha value is -1.03. The van der Waals surface area contributed by atoms with Crippen LogP contribution < -0.4 is 5.73 Å². The maximum atomic E-state index is 13.6. The fourth-order valence-electron chi connectivity index (χ4n) is 1.53. The predicted molar refractivity (Wildman–Crippen MR) is 57.8 cm³/mol. The van der Waals surface area contributed by atoms with Crippen LogP contribution in [0.2, 0.25) is 0 Å². The molecule has 0 saturated heterocycles. The number of halogens is 3. The van der Waals surface area contributed by atoms with Crippen molar-refractivity contribution in [3.8, 4) is 0 Å². The minimum atomic E-state index is -2.95. The van der Waals surface area contributed by atoms with Gasteiger partial charge in [-0.3, -0.25) is 0 Å². The van der Waals surface area contributed by atoms with Gasteiger partial charge in [0.15, 0.2) is 0 Å². The Kier molecular flexibility index (Phi) is 4.80. The van der Waals surface area contributed by atoms with Crippen LogP contribution >= 0.6 is 0 Å². The summed E-state index contributed by atoms with van der Waals surface area (Å²) in [5.41, 5.74) is 5.02. The van der Waals surface area contributed by atoms with E-state index in [0.717, 1.165) is 18.6 Å². The van der Waals surface area contributed by atoms with Gasteiger partial charge in [-0.1, -0.05) is 18.6 Å². The highest BCUT2D eigenvalue weighted by Gasteiger charge is 2.30. The minimum Gasteiger partial charge on any atom is -0.330 e. The van der Waals surface area contributed by atoms with Gasteiger partial charge in [-0.2, -0.15) is 0 Å². The molecule has 0 fully saturated rings. The van der Waals surface area contributed by atoms with E-state index in [9.17, 15) is 13.2 Å². The van der Waals surface area contributed by atoms with Gasteiger partial charge < -0.3 is 5.73 Å². The summed E-state index contributed by atoms with van der Waals surface area (Å²) in [6, 6.07) is 4.61. The molecule has 0 spiro atoms. The molecular formula is C12H16F3N. The van der Waals surface area contributed by atoms with Crippen LogP contribution in [0.5, 0.6) is 0 Å². The zero-order valence-electron chi connectivity index (χ0n) is 9.06. The van der Waals surface area contributed by atoms with E-state index in [4.69, 9.17) is 5.73 Å². The Balaban J connectivity index is 2.55. The highest BCUT2D eigenvalue weighted by atomic mass is 19.3. The number of alkyl halides is 2. The molecule has 2 N–H and O–H groups in total.